The number of carbonyl (C=O) groups excluding carboxylic acids is 1. The fourth-order valence-electron chi connectivity index (χ4n) is 3.85. The van der Waals surface area contributed by atoms with Crippen molar-refractivity contribution in [3.8, 4) is 0 Å². The summed E-state index contributed by atoms with van der Waals surface area (Å²) >= 11 is 0. The zero-order chi connectivity index (χ0) is 21.7. The molecule has 0 aliphatic carbocycles. The molecular weight excluding hydrogens is 400 g/mol. The van der Waals surface area contributed by atoms with Crippen LogP contribution in [0.2, 0.25) is 0 Å². The molecule has 0 bridgehead atoms. The van der Waals surface area contributed by atoms with E-state index in [0.717, 1.165) is 12.1 Å². The highest BCUT2D eigenvalue weighted by Gasteiger charge is 2.25. The third kappa shape index (κ3) is 5.11. The largest absolute Gasteiger partial charge is 0.347 e. The van der Waals surface area contributed by atoms with E-state index in [2.05, 4.69) is 22.3 Å². The second kappa shape index (κ2) is 9.76. The van der Waals surface area contributed by atoms with E-state index >= 15 is 0 Å². The number of sulfonamides is 1. The molecule has 1 fully saturated rings. The van der Waals surface area contributed by atoms with Gasteiger partial charge in [0, 0.05) is 39.4 Å². The van der Waals surface area contributed by atoms with Gasteiger partial charge in [0.1, 0.15) is 10.6 Å². The van der Waals surface area contributed by atoms with Gasteiger partial charge >= 0.3 is 0 Å². The predicted octanol–water partition coefficient (Wildman–Crippen LogP) is 2.58. The third-order valence-electron chi connectivity index (χ3n) is 5.64. The van der Waals surface area contributed by atoms with Crippen LogP contribution < -0.4 is 5.32 Å². The Bertz CT molecular complexity index is 957. The van der Waals surface area contributed by atoms with Gasteiger partial charge in [-0.1, -0.05) is 38.1 Å². The molecule has 1 aromatic carbocycles. The summed E-state index contributed by atoms with van der Waals surface area (Å²) in [5, 5.41) is 2.89. The van der Waals surface area contributed by atoms with E-state index in [1.165, 1.54) is 48.1 Å². The maximum Gasteiger partial charge on any atom is 0.268 e. The number of aryl methyl sites for hydroxylation is 1. The van der Waals surface area contributed by atoms with Crippen molar-refractivity contribution in [3.05, 3.63) is 53.3 Å². The maximum atomic E-state index is 12.7. The van der Waals surface area contributed by atoms with Crippen molar-refractivity contribution in [1.29, 1.82) is 0 Å². The van der Waals surface area contributed by atoms with Crippen molar-refractivity contribution in [2.45, 2.75) is 44.7 Å². The van der Waals surface area contributed by atoms with Gasteiger partial charge in [-0.05, 0) is 43.1 Å². The van der Waals surface area contributed by atoms with Gasteiger partial charge in [-0.2, -0.15) is 4.31 Å². The highest BCUT2D eigenvalue weighted by Crippen LogP contribution is 2.19. The molecule has 2 heterocycles. The lowest BCUT2D eigenvalue weighted by Gasteiger charge is -2.17. The minimum absolute atomic E-state index is 0.144. The summed E-state index contributed by atoms with van der Waals surface area (Å²) in [4.78, 5) is 15.2. The summed E-state index contributed by atoms with van der Waals surface area (Å²) in [6, 6.07) is 9.73. The van der Waals surface area contributed by atoms with Gasteiger partial charge in [-0.3, -0.25) is 9.69 Å². The Labute approximate surface area is 179 Å². The fourth-order valence-corrected chi connectivity index (χ4v) is 5.38. The average Bonchev–Trinajstić information content (AvgIpc) is 3.38. The Kier molecular flexibility index (Phi) is 7.33. The molecule has 1 N–H and O–H groups in total. The van der Waals surface area contributed by atoms with E-state index < -0.39 is 10.0 Å². The molecule has 0 radical (unpaired) electrons. The van der Waals surface area contributed by atoms with Gasteiger partial charge in [0.25, 0.3) is 5.91 Å². The quantitative estimate of drug-likeness (QED) is 0.661. The lowest BCUT2D eigenvalue weighted by atomic mass is 10.1. The van der Waals surface area contributed by atoms with Crippen molar-refractivity contribution in [1.82, 2.24) is 19.1 Å². The first kappa shape index (κ1) is 22.5. The van der Waals surface area contributed by atoms with Crippen LogP contribution in [0.1, 0.15) is 48.3 Å². The number of carbonyl (C=O) groups is 1. The molecule has 1 aromatic heterocycles. The topological polar surface area (TPSA) is 74.7 Å². The molecule has 1 aliphatic rings. The molecule has 0 atom stereocenters. The summed E-state index contributed by atoms with van der Waals surface area (Å²) in [6.45, 7) is 8.08. The van der Waals surface area contributed by atoms with Crippen LogP contribution in [0, 0.1) is 0 Å². The van der Waals surface area contributed by atoms with Crippen molar-refractivity contribution in [3.63, 3.8) is 0 Å². The number of amides is 1. The minimum Gasteiger partial charge on any atom is -0.347 e. The highest BCUT2D eigenvalue weighted by atomic mass is 32.2. The monoisotopic (exact) mass is 432 g/mol. The zero-order valence-electron chi connectivity index (χ0n) is 18.1. The summed E-state index contributed by atoms with van der Waals surface area (Å²) in [6.07, 6.45) is 4.05. The van der Waals surface area contributed by atoms with Crippen molar-refractivity contribution in [2.24, 2.45) is 7.05 Å². The first-order chi connectivity index (χ1) is 14.3. The van der Waals surface area contributed by atoms with Crippen LogP contribution in [0.3, 0.4) is 0 Å². The predicted molar refractivity (Wildman–Crippen MR) is 118 cm³/mol. The summed E-state index contributed by atoms with van der Waals surface area (Å²) < 4.78 is 28.3. The highest BCUT2D eigenvalue weighted by molar-refractivity contribution is 7.89. The summed E-state index contributed by atoms with van der Waals surface area (Å²) in [5.41, 5.74) is 2.62. The van der Waals surface area contributed by atoms with Gasteiger partial charge in [0.15, 0.2) is 0 Å². The fraction of sp³-hybridized carbons (Fsp3) is 0.500. The Morgan fingerprint density at radius 3 is 2.27 bits per heavy atom. The Morgan fingerprint density at radius 1 is 1.07 bits per heavy atom. The van der Waals surface area contributed by atoms with E-state index in [1.54, 1.807) is 25.5 Å². The lowest BCUT2D eigenvalue weighted by molar-refractivity contribution is 0.0942. The van der Waals surface area contributed by atoms with Crippen molar-refractivity contribution < 1.29 is 13.2 Å². The maximum absolute atomic E-state index is 12.7. The molecule has 0 unspecified atom stereocenters. The SMILES string of the molecule is CCN(CC)S(=O)(=O)c1cc(C(=O)NCc2ccc(CN3CCCC3)cc2)n(C)c1. The molecule has 2 aromatic rings. The number of nitrogens with one attached hydrogen (secondary N) is 1. The Balaban J connectivity index is 1.61. The molecule has 30 heavy (non-hydrogen) atoms. The van der Waals surface area contributed by atoms with Crippen LogP contribution in [-0.4, -0.2) is 54.3 Å². The third-order valence-corrected chi connectivity index (χ3v) is 7.65. The molecule has 1 amide bonds. The van der Waals surface area contributed by atoms with Crippen LogP contribution in [-0.2, 0) is 30.2 Å². The number of nitrogens with zero attached hydrogens (tertiary/aromatic N) is 3. The van der Waals surface area contributed by atoms with Gasteiger partial charge in [0.05, 0.1) is 0 Å². The van der Waals surface area contributed by atoms with E-state index in [1.807, 2.05) is 12.1 Å². The molecule has 3 rings (SSSR count). The van der Waals surface area contributed by atoms with E-state index in [4.69, 9.17) is 0 Å². The molecule has 1 saturated heterocycles. The lowest BCUT2D eigenvalue weighted by Crippen LogP contribution is -2.30. The standard InChI is InChI=1S/C22H32N4O3S/c1-4-26(5-2)30(28,29)20-14-21(24(3)17-20)22(27)23-15-18-8-10-19(11-9-18)16-25-12-6-7-13-25/h8-11,14,17H,4-7,12-13,15-16H2,1-3H3,(H,23,27). The number of aromatic nitrogens is 1. The van der Waals surface area contributed by atoms with Crippen molar-refractivity contribution >= 4 is 15.9 Å². The van der Waals surface area contributed by atoms with Gasteiger partial charge in [-0.15, -0.1) is 0 Å². The first-order valence-electron chi connectivity index (χ1n) is 10.6. The molecule has 8 heteroatoms. The van der Waals surface area contributed by atoms with Crippen LogP contribution in [0.15, 0.2) is 41.4 Å². The minimum atomic E-state index is -3.59. The van der Waals surface area contributed by atoms with E-state index in [9.17, 15) is 13.2 Å². The molecular formula is C22H32N4O3S. The summed E-state index contributed by atoms with van der Waals surface area (Å²) in [7, 11) is -1.91. The average molecular weight is 433 g/mol. The second-order valence-electron chi connectivity index (χ2n) is 7.74. The number of rotatable bonds is 9. The van der Waals surface area contributed by atoms with E-state index in [-0.39, 0.29) is 10.8 Å². The van der Waals surface area contributed by atoms with Gasteiger partial charge in [-0.25, -0.2) is 8.42 Å². The number of benzene rings is 1. The second-order valence-corrected chi connectivity index (χ2v) is 9.68. The first-order valence-corrected chi connectivity index (χ1v) is 12.0. The number of likely N-dealkylation sites (tertiary alicyclic amines) is 1. The van der Waals surface area contributed by atoms with Crippen LogP contribution in [0.5, 0.6) is 0 Å². The van der Waals surface area contributed by atoms with Gasteiger partial charge < -0.3 is 9.88 Å². The Hall–Kier alpha value is -2.16. The smallest absolute Gasteiger partial charge is 0.268 e. The molecule has 7 nitrogen and oxygen atoms in total. The number of hydrogen-bond acceptors (Lipinski definition) is 4. The number of hydrogen-bond donors (Lipinski definition) is 1. The van der Waals surface area contributed by atoms with Crippen LogP contribution in [0.4, 0.5) is 0 Å². The van der Waals surface area contributed by atoms with Gasteiger partial charge in [0.2, 0.25) is 10.0 Å². The Morgan fingerprint density at radius 2 is 1.67 bits per heavy atom. The van der Waals surface area contributed by atoms with Crippen LogP contribution in [0.25, 0.3) is 0 Å². The molecule has 0 saturated carbocycles. The van der Waals surface area contributed by atoms with Crippen molar-refractivity contribution in [2.75, 3.05) is 26.2 Å². The normalized spacial score (nSPS) is 15.1. The summed E-state index contributed by atoms with van der Waals surface area (Å²) in [5.74, 6) is -0.292. The van der Waals surface area contributed by atoms with E-state index in [0.29, 0.717) is 25.3 Å². The molecule has 164 valence electrons. The zero-order valence-corrected chi connectivity index (χ0v) is 18.9. The van der Waals surface area contributed by atoms with Crippen LogP contribution >= 0.6 is 0 Å². The molecule has 1 aliphatic heterocycles. The molecule has 0 spiro atoms.